The van der Waals surface area contributed by atoms with E-state index in [9.17, 15) is 0 Å². The van der Waals surface area contributed by atoms with Gasteiger partial charge in [0.1, 0.15) is 0 Å². The van der Waals surface area contributed by atoms with Gasteiger partial charge < -0.3 is 0 Å². The van der Waals surface area contributed by atoms with Gasteiger partial charge in [-0.2, -0.15) is 5.10 Å². The predicted molar refractivity (Wildman–Crippen MR) is 88.8 cm³/mol. The summed E-state index contributed by atoms with van der Waals surface area (Å²) in [6.07, 6.45) is 1.81. The second-order valence-corrected chi connectivity index (χ2v) is 5.97. The largest absolute Gasteiger partial charge is 0.231 e. The second kappa shape index (κ2) is 5.72. The van der Waals surface area contributed by atoms with Crippen LogP contribution in [0.1, 0.15) is 5.56 Å². The molecule has 3 aromatic rings. The van der Waals surface area contributed by atoms with Crippen molar-refractivity contribution in [1.29, 1.82) is 0 Å². The molecule has 0 fully saturated rings. The molecule has 0 aliphatic heterocycles. The Morgan fingerprint density at radius 1 is 0.905 bits per heavy atom. The third-order valence-electron chi connectivity index (χ3n) is 3.21. The number of hydrogen-bond acceptors (Lipinski definition) is 1. The van der Waals surface area contributed by atoms with Crippen LogP contribution in [0.3, 0.4) is 0 Å². The molecule has 0 aliphatic rings. The molecule has 0 atom stereocenters. The van der Waals surface area contributed by atoms with Gasteiger partial charge in [0.05, 0.1) is 22.6 Å². The van der Waals surface area contributed by atoms with Crippen LogP contribution in [-0.4, -0.2) is 9.78 Å². The number of hydrogen-bond donors (Lipinski definition) is 0. The van der Waals surface area contributed by atoms with E-state index >= 15 is 0 Å². The predicted octanol–water partition coefficient (Wildman–Crippen LogP) is 5.81. The lowest BCUT2D eigenvalue weighted by atomic mass is 10.1. The fourth-order valence-electron chi connectivity index (χ4n) is 2.22. The van der Waals surface area contributed by atoms with Crippen LogP contribution in [0.2, 0.25) is 15.1 Å². The van der Waals surface area contributed by atoms with Crippen molar-refractivity contribution in [3.05, 3.63) is 69.3 Å². The normalized spacial score (nSPS) is 10.9. The lowest BCUT2D eigenvalue weighted by molar-refractivity contribution is 0.888. The van der Waals surface area contributed by atoms with Gasteiger partial charge in [-0.05, 0) is 42.8 Å². The van der Waals surface area contributed by atoms with Gasteiger partial charge in [0.15, 0.2) is 0 Å². The highest BCUT2D eigenvalue weighted by Gasteiger charge is 2.14. The average molecular weight is 338 g/mol. The summed E-state index contributed by atoms with van der Waals surface area (Å²) >= 11 is 18.3. The zero-order chi connectivity index (χ0) is 15.0. The molecule has 21 heavy (non-hydrogen) atoms. The maximum absolute atomic E-state index is 6.28. The number of benzene rings is 2. The van der Waals surface area contributed by atoms with Crippen molar-refractivity contribution in [2.45, 2.75) is 6.92 Å². The minimum atomic E-state index is 0.595. The van der Waals surface area contributed by atoms with Crippen molar-refractivity contribution in [3.63, 3.8) is 0 Å². The molecule has 0 amide bonds. The average Bonchev–Trinajstić information content (AvgIpc) is 2.84. The van der Waals surface area contributed by atoms with Crippen molar-refractivity contribution >= 4 is 34.8 Å². The van der Waals surface area contributed by atoms with Crippen molar-refractivity contribution in [1.82, 2.24) is 9.78 Å². The quantitative estimate of drug-likeness (QED) is 0.577. The lowest BCUT2D eigenvalue weighted by Gasteiger charge is -2.11. The van der Waals surface area contributed by atoms with Gasteiger partial charge >= 0.3 is 0 Å². The third kappa shape index (κ3) is 2.80. The molecule has 2 nitrogen and oxygen atoms in total. The van der Waals surface area contributed by atoms with E-state index in [0.29, 0.717) is 15.1 Å². The van der Waals surface area contributed by atoms with E-state index in [1.165, 1.54) is 0 Å². The van der Waals surface area contributed by atoms with Crippen LogP contribution in [0, 0.1) is 6.92 Å². The van der Waals surface area contributed by atoms with E-state index in [2.05, 4.69) is 5.10 Å². The maximum atomic E-state index is 6.28. The van der Waals surface area contributed by atoms with Crippen LogP contribution < -0.4 is 0 Å². The van der Waals surface area contributed by atoms with Gasteiger partial charge in [0, 0.05) is 15.6 Å². The first-order chi connectivity index (χ1) is 10.1. The second-order valence-electron chi connectivity index (χ2n) is 4.69. The Morgan fingerprint density at radius 2 is 1.57 bits per heavy atom. The summed E-state index contributed by atoms with van der Waals surface area (Å²) in [4.78, 5) is 0. The molecular weight excluding hydrogens is 327 g/mol. The fraction of sp³-hybridized carbons (Fsp3) is 0.0625. The summed E-state index contributed by atoms with van der Waals surface area (Å²) < 4.78 is 1.80. The molecular formula is C16H11Cl3N2. The molecule has 1 aromatic heterocycles. The number of halogens is 3. The van der Waals surface area contributed by atoms with Crippen LogP contribution in [0.25, 0.3) is 16.9 Å². The Labute approximate surface area is 137 Å². The minimum absolute atomic E-state index is 0.595. The summed E-state index contributed by atoms with van der Waals surface area (Å²) in [7, 11) is 0. The SMILES string of the molecule is Cc1cnn(-c2cc(Cl)ccc2Cl)c1-c1ccc(Cl)cc1. The summed E-state index contributed by atoms with van der Waals surface area (Å²) in [5.41, 5.74) is 3.79. The summed E-state index contributed by atoms with van der Waals surface area (Å²) in [6.45, 7) is 2.01. The van der Waals surface area contributed by atoms with Crippen molar-refractivity contribution < 1.29 is 0 Å². The minimum Gasteiger partial charge on any atom is -0.231 e. The fourth-order valence-corrected chi connectivity index (χ4v) is 2.71. The molecule has 0 N–H and O–H groups in total. The molecule has 0 saturated carbocycles. The number of rotatable bonds is 2. The molecule has 106 valence electrons. The van der Waals surface area contributed by atoms with Crippen molar-refractivity contribution in [2.24, 2.45) is 0 Å². The molecule has 0 radical (unpaired) electrons. The zero-order valence-electron chi connectivity index (χ0n) is 11.1. The van der Waals surface area contributed by atoms with Crippen LogP contribution in [0.15, 0.2) is 48.7 Å². The van der Waals surface area contributed by atoms with Crippen LogP contribution in [0.4, 0.5) is 0 Å². The van der Waals surface area contributed by atoms with E-state index in [0.717, 1.165) is 22.5 Å². The first-order valence-corrected chi connectivity index (χ1v) is 7.45. The van der Waals surface area contributed by atoms with E-state index in [1.54, 1.807) is 29.1 Å². The zero-order valence-corrected chi connectivity index (χ0v) is 13.4. The van der Waals surface area contributed by atoms with Crippen molar-refractivity contribution in [2.75, 3.05) is 0 Å². The lowest BCUT2D eigenvalue weighted by Crippen LogP contribution is -2.00. The van der Waals surface area contributed by atoms with Gasteiger partial charge in [-0.15, -0.1) is 0 Å². The molecule has 0 aliphatic carbocycles. The van der Waals surface area contributed by atoms with Gasteiger partial charge in [-0.3, -0.25) is 0 Å². The Hall–Kier alpha value is -1.48. The molecule has 2 aromatic carbocycles. The monoisotopic (exact) mass is 336 g/mol. The molecule has 3 rings (SSSR count). The topological polar surface area (TPSA) is 17.8 Å². The van der Waals surface area contributed by atoms with Crippen LogP contribution in [-0.2, 0) is 0 Å². The van der Waals surface area contributed by atoms with E-state index in [-0.39, 0.29) is 0 Å². The van der Waals surface area contributed by atoms with E-state index in [4.69, 9.17) is 34.8 Å². The molecule has 0 bridgehead atoms. The highest BCUT2D eigenvalue weighted by molar-refractivity contribution is 6.34. The van der Waals surface area contributed by atoms with Gasteiger partial charge in [0.2, 0.25) is 0 Å². The Balaban J connectivity index is 2.21. The van der Waals surface area contributed by atoms with Gasteiger partial charge in [-0.25, -0.2) is 4.68 Å². The Kier molecular flexibility index (Phi) is 3.94. The van der Waals surface area contributed by atoms with Crippen molar-refractivity contribution in [3.8, 4) is 16.9 Å². The van der Waals surface area contributed by atoms with Gasteiger partial charge in [-0.1, -0.05) is 46.9 Å². The first-order valence-electron chi connectivity index (χ1n) is 6.32. The maximum Gasteiger partial charge on any atom is 0.0853 e. The molecule has 0 spiro atoms. The molecule has 1 heterocycles. The molecule has 5 heteroatoms. The first kappa shape index (κ1) is 14.5. The van der Waals surface area contributed by atoms with E-state index in [1.807, 2.05) is 31.2 Å². The number of nitrogens with zero attached hydrogens (tertiary/aromatic N) is 2. The summed E-state index contributed by atoms with van der Waals surface area (Å²) in [6, 6.07) is 13.0. The number of aromatic nitrogens is 2. The highest BCUT2D eigenvalue weighted by atomic mass is 35.5. The highest BCUT2D eigenvalue weighted by Crippen LogP contribution is 2.31. The Morgan fingerprint density at radius 3 is 2.29 bits per heavy atom. The molecule has 0 unspecified atom stereocenters. The summed E-state index contributed by atoms with van der Waals surface area (Å²) in [5.74, 6) is 0. The standard InChI is InChI=1S/C16H11Cl3N2/c1-10-9-20-21(15-8-13(18)6-7-14(15)19)16(10)11-2-4-12(17)5-3-11/h2-9H,1H3. The van der Waals surface area contributed by atoms with E-state index < -0.39 is 0 Å². The number of aryl methyl sites for hydroxylation is 1. The van der Waals surface area contributed by atoms with Gasteiger partial charge in [0.25, 0.3) is 0 Å². The third-order valence-corrected chi connectivity index (χ3v) is 4.01. The Bertz CT molecular complexity index is 792. The van der Waals surface area contributed by atoms with Crippen LogP contribution in [0.5, 0.6) is 0 Å². The summed E-state index contributed by atoms with van der Waals surface area (Å²) in [5, 5.41) is 6.34. The van der Waals surface area contributed by atoms with Crippen LogP contribution >= 0.6 is 34.8 Å². The molecule has 0 saturated heterocycles. The smallest absolute Gasteiger partial charge is 0.0853 e.